The van der Waals surface area contributed by atoms with Gasteiger partial charge in [0.25, 0.3) is 0 Å². The molecule has 0 saturated heterocycles. The summed E-state index contributed by atoms with van der Waals surface area (Å²) in [4.78, 5) is 4.48. The van der Waals surface area contributed by atoms with Crippen molar-refractivity contribution in [2.45, 2.75) is 19.6 Å². The Morgan fingerprint density at radius 2 is 2.15 bits per heavy atom. The number of hydrogen-bond acceptors (Lipinski definition) is 4. The molecule has 0 saturated carbocycles. The third-order valence-electron chi connectivity index (χ3n) is 3.52. The lowest BCUT2D eigenvalue weighted by Gasteiger charge is -2.16. The number of rotatable bonds is 8. The molecule has 2 aromatic rings. The molecule has 142 valence electrons. The van der Waals surface area contributed by atoms with Crippen molar-refractivity contribution in [3.05, 3.63) is 46.2 Å². The van der Waals surface area contributed by atoms with Crippen LogP contribution < -0.4 is 15.4 Å². The molecule has 0 aliphatic carbocycles. The largest absolute Gasteiger partial charge is 0.489 e. The molecule has 9 heteroatoms. The van der Waals surface area contributed by atoms with Crippen LogP contribution in [0.4, 0.5) is 0 Å². The highest BCUT2D eigenvalue weighted by Crippen LogP contribution is 2.31. The minimum absolute atomic E-state index is 0.0776. The van der Waals surface area contributed by atoms with E-state index in [1.54, 1.807) is 29.1 Å². The van der Waals surface area contributed by atoms with E-state index in [4.69, 9.17) is 27.9 Å². The van der Waals surface area contributed by atoms with Crippen molar-refractivity contribution in [2.24, 2.45) is 12.0 Å². The molecule has 1 atom stereocenters. The van der Waals surface area contributed by atoms with Gasteiger partial charge in [0.05, 0.1) is 17.3 Å². The number of nitrogens with zero attached hydrogens (tertiary/aromatic N) is 3. The van der Waals surface area contributed by atoms with E-state index in [-0.39, 0.29) is 13.2 Å². The molecule has 1 aromatic carbocycles. The zero-order valence-electron chi connectivity index (χ0n) is 14.7. The summed E-state index contributed by atoms with van der Waals surface area (Å²) in [7, 11) is 1.87. The Morgan fingerprint density at radius 3 is 2.85 bits per heavy atom. The van der Waals surface area contributed by atoms with Gasteiger partial charge >= 0.3 is 0 Å². The van der Waals surface area contributed by atoms with Gasteiger partial charge < -0.3 is 20.5 Å². The lowest BCUT2D eigenvalue weighted by Crippen LogP contribution is -2.42. The van der Waals surface area contributed by atoms with Crippen molar-refractivity contribution in [1.29, 1.82) is 0 Å². The minimum Gasteiger partial charge on any atom is -0.489 e. The molecule has 0 bridgehead atoms. The normalized spacial score (nSPS) is 12.7. The SMILES string of the molecule is CCNC(=NCc1ccnn1C)NCC(O)COc1cccc(Cl)c1Cl. The minimum atomic E-state index is -0.745. The van der Waals surface area contributed by atoms with Crippen molar-refractivity contribution in [1.82, 2.24) is 20.4 Å². The fourth-order valence-electron chi connectivity index (χ4n) is 2.11. The van der Waals surface area contributed by atoms with Gasteiger partial charge in [-0.15, -0.1) is 0 Å². The second-order valence-electron chi connectivity index (χ2n) is 5.54. The summed E-state index contributed by atoms with van der Waals surface area (Å²) < 4.78 is 7.30. The molecule has 0 spiro atoms. The number of nitrogens with one attached hydrogen (secondary N) is 2. The highest BCUT2D eigenvalue weighted by molar-refractivity contribution is 6.42. The van der Waals surface area contributed by atoms with Gasteiger partial charge in [0.2, 0.25) is 0 Å². The number of hydrogen-bond donors (Lipinski definition) is 3. The average Bonchev–Trinajstić information content (AvgIpc) is 3.03. The molecule has 0 radical (unpaired) electrons. The molecule has 2 rings (SSSR count). The molecule has 0 aliphatic rings. The third-order valence-corrected chi connectivity index (χ3v) is 4.32. The Hall–Kier alpha value is -1.96. The summed E-state index contributed by atoms with van der Waals surface area (Å²) >= 11 is 12.0. The molecule has 0 amide bonds. The fourth-order valence-corrected chi connectivity index (χ4v) is 2.46. The maximum absolute atomic E-state index is 10.1. The van der Waals surface area contributed by atoms with E-state index in [2.05, 4.69) is 20.7 Å². The number of guanidine groups is 1. The van der Waals surface area contributed by atoms with E-state index in [0.29, 0.717) is 34.8 Å². The van der Waals surface area contributed by atoms with E-state index in [1.165, 1.54) is 0 Å². The molecular weight excluding hydrogens is 377 g/mol. The van der Waals surface area contributed by atoms with Gasteiger partial charge in [-0.1, -0.05) is 29.3 Å². The number of benzene rings is 1. The van der Waals surface area contributed by atoms with Gasteiger partial charge in [0, 0.05) is 26.3 Å². The van der Waals surface area contributed by atoms with E-state index < -0.39 is 6.10 Å². The zero-order valence-corrected chi connectivity index (χ0v) is 16.3. The molecule has 1 heterocycles. The van der Waals surface area contributed by atoms with Gasteiger partial charge in [0.15, 0.2) is 5.96 Å². The Kier molecular flexibility index (Phi) is 8.03. The van der Waals surface area contributed by atoms with Crippen LogP contribution >= 0.6 is 23.2 Å². The maximum atomic E-state index is 10.1. The molecule has 1 aromatic heterocycles. The van der Waals surface area contributed by atoms with Crippen LogP contribution in [0.5, 0.6) is 5.75 Å². The quantitative estimate of drug-likeness (QED) is 0.468. The second-order valence-corrected chi connectivity index (χ2v) is 6.32. The highest BCUT2D eigenvalue weighted by Gasteiger charge is 2.10. The van der Waals surface area contributed by atoms with E-state index in [0.717, 1.165) is 5.69 Å². The van der Waals surface area contributed by atoms with Gasteiger partial charge in [-0.3, -0.25) is 4.68 Å². The monoisotopic (exact) mass is 399 g/mol. The fraction of sp³-hybridized carbons (Fsp3) is 0.412. The van der Waals surface area contributed by atoms with E-state index in [9.17, 15) is 5.11 Å². The van der Waals surface area contributed by atoms with Crippen LogP contribution in [0.2, 0.25) is 10.0 Å². The zero-order chi connectivity index (χ0) is 18.9. The summed E-state index contributed by atoms with van der Waals surface area (Å²) in [5, 5.41) is 21.2. The van der Waals surface area contributed by atoms with E-state index >= 15 is 0 Å². The number of aliphatic imine (C=N–C) groups is 1. The number of aryl methyl sites for hydroxylation is 1. The summed E-state index contributed by atoms with van der Waals surface area (Å²) in [6.45, 7) is 3.52. The van der Waals surface area contributed by atoms with Crippen LogP contribution in [0.15, 0.2) is 35.5 Å². The predicted molar refractivity (Wildman–Crippen MR) is 104 cm³/mol. The first-order valence-corrected chi connectivity index (χ1v) is 9.00. The first-order chi connectivity index (χ1) is 12.5. The average molecular weight is 400 g/mol. The predicted octanol–water partition coefficient (Wildman–Crippen LogP) is 2.22. The van der Waals surface area contributed by atoms with Crippen molar-refractivity contribution in [3.8, 4) is 5.75 Å². The number of aliphatic hydroxyl groups is 1. The molecule has 0 fully saturated rings. The standard InChI is InChI=1S/C17H23Cl2N5O2/c1-3-20-17(21-9-12-7-8-23-24(12)2)22-10-13(25)11-26-15-6-4-5-14(18)16(15)19/h4-8,13,25H,3,9-11H2,1-2H3,(H2,20,21,22). The number of aromatic nitrogens is 2. The summed E-state index contributed by atoms with van der Waals surface area (Å²) in [6, 6.07) is 7.02. The molecule has 26 heavy (non-hydrogen) atoms. The van der Waals surface area contributed by atoms with Gasteiger partial charge in [0.1, 0.15) is 23.5 Å². The first kappa shape index (κ1) is 20.4. The Morgan fingerprint density at radius 1 is 1.35 bits per heavy atom. The summed E-state index contributed by atoms with van der Waals surface area (Å²) in [5.74, 6) is 1.04. The Bertz CT molecular complexity index is 736. The lowest BCUT2D eigenvalue weighted by atomic mass is 10.3. The molecule has 0 aliphatic heterocycles. The smallest absolute Gasteiger partial charge is 0.191 e. The van der Waals surface area contributed by atoms with Gasteiger partial charge in [-0.2, -0.15) is 5.10 Å². The van der Waals surface area contributed by atoms with Crippen molar-refractivity contribution < 1.29 is 9.84 Å². The van der Waals surface area contributed by atoms with Gasteiger partial charge in [-0.25, -0.2) is 4.99 Å². The van der Waals surface area contributed by atoms with Crippen molar-refractivity contribution >= 4 is 29.2 Å². The number of aliphatic hydroxyl groups excluding tert-OH is 1. The molecule has 3 N–H and O–H groups in total. The van der Waals surface area contributed by atoms with Crippen molar-refractivity contribution in [3.63, 3.8) is 0 Å². The second kappa shape index (κ2) is 10.3. The van der Waals surface area contributed by atoms with Crippen LogP contribution in [0.25, 0.3) is 0 Å². The lowest BCUT2D eigenvalue weighted by molar-refractivity contribution is 0.110. The number of halogens is 2. The Labute approximate surface area is 163 Å². The molecule has 1 unspecified atom stereocenters. The first-order valence-electron chi connectivity index (χ1n) is 8.25. The third kappa shape index (κ3) is 6.09. The summed E-state index contributed by atoms with van der Waals surface area (Å²) in [6.07, 6.45) is 0.985. The van der Waals surface area contributed by atoms with Crippen molar-refractivity contribution in [2.75, 3.05) is 19.7 Å². The van der Waals surface area contributed by atoms with Crippen LogP contribution in [-0.2, 0) is 13.6 Å². The number of ether oxygens (including phenoxy) is 1. The maximum Gasteiger partial charge on any atom is 0.191 e. The molecule has 7 nitrogen and oxygen atoms in total. The topological polar surface area (TPSA) is 83.7 Å². The van der Waals surface area contributed by atoms with Crippen LogP contribution in [0.3, 0.4) is 0 Å². The van der Waals surface area contributed by atoms with Gasteiger partial charge in [-0.05, 0) is 25.1 Å². The molecular formula is C17H23Cl2N5O2. The van der Waals surface area contributed by atoms with E-state index in [1.807, 2.05) is 20.0 Å². The highest BCUT2D eigenvalue weighted by atomic mass is 35.5. The van der Waals surface area contributed by atoms with Crippen LogP contribution in [0.1, 0.15) is 12.6 Å². The van der Waals surface area contributed by atoms with Crippen LogP contribution in [-0.4, -0.2) is 46.6 Å². The summed E-state index contributed by atoms with van der Waals surface area (Å²) in [5.41, 5.74) is 0.988. The van der Waals surface area contributed by atoms with Crippen LogP contribution in [0, 0.1) is 0 Å². The Balaban J connectivity index is 1.83.